The molecule has 2 aromatic rings. The normalized spacial score (nSPS) is 10.1. The number of carboxylic acid groups (broad SMARTS) is 1. The third-order valence-corrected chi connectivity index (χ3v) is 2.89. The number of aromatic nitrogens is 1. The van der Waals surface area contributed by atoms with Crippen molar-refractivity contribution in [2.75, 3.05) is 5.32 Å². The van der Waals surface area contributed by atoms with Crippen molar-refractivity contribution < 1.29 is 19.6 Å². The van der Waals surface area contributed by atoms with Gasteiger partial charge in [-0.2, -0.15) is 0 Å². The largest absolute Gasteiger partial charge is 0.478 e. The molecule has 1 heterocycles. The molecule has 1 aromatic heterocycles. The lowest BCUT2D eigenvalue weighted by Crippen LogP contribution is -2.12. The highest BCUT2D eigenvalue weighted by molar-refractivity contribution is 6.33. The smallest absolute Gasteiger partial charge is 0.337 e. The Morgan fingerprint density at radius 1 is 1.33 bits per heavy atom. The maximum atomic E-state index is 11.9. The quantitative estimate of drug-likeness (QED) is 0.591. The molecule has 0 radical (unpaired) electrons. The van der Waals surface area contributed by atoms with Crippen LogP contribution in [0.5, 0.6) is 0 Å². The molecule has 9 heteroatoms. The maximum Gasteiger partial charge on any atom is 0.337 e. The minimum Gasteiger partial charge on any atom is -0.478 e. The minimum absolute atomic E-state index is 0.000124. The SMILES string of the molecule is O=C(Nc1ccc(C(=O)O)c(Cl)c1)c1cc([N+](=O)[O-])c[nH]1. The number of hydrogen-bond donors (Lipinski definition) is 3. The van der Waals surface area contributed by atoms with Crippen LogP contribution in [0.2, 0.25) is 5.02 Å². The van der Waals surface area contributed by atoms with E-state index >= 15 is 0 Å². The third kappa shape index (κ3) is 3.18. The number of anilines is 1. The van der Waals surface area contributed by atoms with Crippen LogP contribution >= 0.6 is 11.6 Å². The Bertz CT molecular complexity index is 740. The predicted octanol–water partition coefficient (Wildman–Crippen LogP) is 2.53. The van der Waals surface area contributed by atoms with Crippen LogP contribution in [0.3, 0.4) is 0 Å². The zero-order chi connectivity index (χ0) is 15.6. The van der Waals surface area contributed by atoms with Crippen molar-refractivity contribution in [2.24, 2.45) is 0 Å². The van der Waals surface area contributed by atoms with Crippen molar-refractivity contribution in [3.63, 3.8) is 0 Å². The molecule has 108 valence electrons. The topological polar surface area (TPSA) is 125 Å². The summed E-state index contributed by atoms with van der Waals surface area (Å²) in [4.78, 5) is 35.0. The molecule has 0 aliphatic rings. The molecule has 3 N–H and O–H groups in total. The van der Waals surface area contributed by atoms with Crippen molar-refractivity contribution in [3.8, 4) is 0 Å². The Labute approximate surface area is 122 Å². The van der Waals surface area contributed by atoms with Gasteiger partial charge in [0.05, 0.1) is 21.7 Å². The number of benzene rings is 1. The number of H-pyrrole nitrogens is 1. The maximum absolute atomic E-state index is 11.9. The number of aromatic amines is 1. The van der Waals surface area contributed by atoms with Crippen molar-refractivity contribution in [3.05, 3.63) is 56.9 Å². The average Bonchev–Trinajstić information content (AvgIpc) is 2.88. The number of carbonyl (C=O) groups is 2. The standard InChI is InChI=1S/C12H8ClN3O5/c13-9-3-6(1-2-8(9)12(18)19)15-11(17)10-4-7(5-14-10)16(20)21/h1-5,14H,(H,15,17)(H,18,19). The molecule has 2 rings (SSSR count). The summed E-state index contributed by atoms with van der Waals surface area (Å²) in [6.45, 7) is 0. The zero-order valence-electron chi connectivity index (χ0n) is 10.3. The third-order valence-electron chi connectivity index (χ3n) is 2.58. The van der Waals surface area contributed by atoms with E-state index in [1.54, 1.807) is 0 Å². The monoisotopic (exact) mass is 309 g/mol. The number of carbonyl (C=O) groups excluding carboxylic acids is 1. The van der Waals surface area contributed by atoms with Gasteiger partial charge in [0.25, 0.3) is 11.6 Å². The first kappa shape index (κ1) is 14.5. The number of halogens is 1. The first-order valence-electron chi connectivity index (χ1n) is 5.55. The lowest BCUT2D eigenvalue weighted by Gasteiger charge is -2.05. The zero-order valence-corrected chi connectivity index (χ0v) is 11.0. The van der Waals surface area contributed by atoms with Crippen LogP contribution in [0.1, 0.15) is 20.8 Å². The fraction of sp³-hybridized carbons (Fsp3) is 0. The van der Waals surface area contributed by atoms with Crippen LogP contribution in [0, 0.1) is 10.1 Å². The Balaban J connectivity index is 2.17. The van der Waals surface area contributed by atoms with E-state index in [-0.39, 0.29) is 27.7 Å². The molecule has 0 spiro atoms. The number of nitro groups is 1. The van der Waals surface area contributed by atoms with E-state index in [0.29, 0.717) is 0 Å². The summed E-state index contributed by atoms with van der Waals surface area (Å²) in [5.74, 6) is -1.79. The molecule has 1 aromatic carbocycles. The number of rotatable bonds is 4. The van der Waals surface area contributed by atoms with Gasteiger partial charge in [-0.25, -0.2) is 4.79 Å². The lowest BCUT2D eigenvalue weighted by molar-refractivity contribution is -0.384. The number of hydrogen-bond acceptors (Lipinski definition) is 4. The van der Waals surface area contributed by atoms with Crippen LogP contribution in [-0.4, -0.2) is 26.9 Å². The Morgan fingerprint density at radius 3 is 2.57 bits per heavy atom. The molecule has 0 aliphatic heterocycles. The molecule has 0 aliphatic carbocycles. The van der Waals surface area contributed by atoms with Gasteiger partial charge in [-0.05, 0) is 18.2 Å². The molecule has 21 heavy (non-hydrogen) atoms. The summed E-state index contributed by atoms with van der Waals surface area (Å²) in [6.07, 6.45) is 1.09. The highest BCUT2D eigenvalue weighted by Gasteiger charge is 2.15. The van der Waals surface area contributed by atoms with Crippen LogP contribution in [0.15, 0.2) is 30.5 Å². The fourth-order valence-electron chi connectivity index (χ4n) is 1.58. The van der Waals surface area contributed by atoms with Crippen molar-refractivity contribution >= 4 is 34.9 Å². The second-order valence-electron chi connectivity index (χ2n) is 3.98. The average molecular weight is 310 g/mol. The van der Waals surface area contributed by atoms with E-state index in [2.05, 4.69) is 10.3 Å². The van der Waals surface area contributed by atoms with E-state index in [1.165, 1.54) is 18.2 Å². The van der Waals surface area contributed by atoms with Crippen LogP contribution in [-0.2, 0) is 0 Å². The molecule has 0 saturated carbocycles. The Hall–Kier alpha value is -2.87. The van der Waals surface area contributed by atoms with E-state index in [9.17, 15) is 19.7 Å². The van der Waals surface area contributed by atoms with Crippen molar-refractivity contribution in [1.29, 1.82) is 0 Å². The van der Waals surface area contributed by atoms with Crippen molar-refractivity contribution in [2.45, 2.75) is 0 Å². The number of nitrogens with zero attached hydrogens (tertiary/aromatic N) is 1. The van der Waals surface area contributed by atoms with E-state index in [0.717, 1.165) is 12.3 Å². The van der Waals surface area contributed by atoms with Gasteiger partial charge in [0, 0.05) is 11.8 Å². The molecule has 0 atom stereocenters. The minimum atomic E-state index is -1.18. The molecule has 0 saturated heterocycles. The summed E-state index contributed by atoms with van der Waals surface area (Å²) in [7, 11) is 0. The van der Waals surface area contributed by atoms with E-state index < -0.39 is 16.8 Å². The molecule has 0 fully saturated rings. The summed E-state index contributed by atoms with van der Waals surface area (Å²) >= 11 is 5.77. The van der Waals surface area contributed by atoms with Crippen LogP contribution < -0.4 is 5.32 Å². The fourth-order valence-corrected chi connectivity index (χ4v) is 1.85. The number of carboxylic acids is 1. The second-order valence-corrected chi connectivity index (χ2v) is 4.39. The first-order chi connectivity index (χ1) is 9.88. The second kappa shape index (κ2) is 5.63. The molecule has 8 nitrogen and oxygen atoms in total. The summed E-state index contributed by atoms with van der Waals surface area (Å²) in [6, 6.07) is 4.98. The predicted molar refractivity (Wildman–Crippen MR) is 73.8 cm³/mol. The highest BCUT2D eigenvalue weighted by Crippen LogP contribution is 2.22. The van der Waals surface area contributed by atoms with E-state index in [1.807, 2.05) is 0 Å². The summed E-state index contributed by atoms with van der Waals surface area (Å²) < 4.78 is 0. The highest BCUT2D eigenvalue weighted by atomic mass is 35.5. The lowest BCUT2D eigenvalue weighted by atomic mass is 10.2. The van der Waals surface area contributed by atoms with Crippen LogP contribution in [0.4, 0.5) is 11.4 Å². The number of nitrogens with one attached hydrogen (secondary N) is 2. The first-order valence-corrected chi connectivity index (χ1v) is 5.93. The van der Waals surface area contributed by atoms with Gasteiger partial charge in [-0.1, -0.05) is 11.6 Å². The van der Waals surface area contributed by atoms with Gasteiger partial charge in [-0.3, -0.25) is 14.9 Å². The van der Waals surface area contributed by atoms with Gasteiger partial charge in [0.15, 0.2) is 0 Å². The van der Waals surface area contributed by atoms with Gasteiger partial charge in [0.2, 0.25) is 0 Å². The van der Waals surface area contributed by atoms with Crippen LogP contribution in [0.25, 0.3) is 0 Å². The number of amides is 1. The summed E-state index contributed by atoms with van der Waals surface area (Å²) in [5.41, 5.74) is -0.0584. The Morgan fingerprint density at radius 2 is 2.05 bits per heavy atom. The molecule has 0 unspecified atom stereocenters. The van der Waals surface area contributed by atoms with Crippen molar-refractivity contribution in [1.82, 2.24) is 4.98 Å². The summed E-state index contributed by atoms with van der Waals surface area (Å²) in [5, 5.41) is 21.8. The molecular weight excluding hydrogens is 302 g/mol. The number of aromatic carboxylic acids is 1. The van der Waals surface area contributed by atoms with Gasteiger partial charge < -0.3 is 15.4 Å². The molecule has 1 amide bonds. The van der Waals surface area contributed by atoms with Gasteiger partial charge in [-0.15, -0.1) is 0 Å². The molecular formula is C12H8ClN3O5. The molecule has 0 bridgehead atoms. The van der Waals surface area contributed by atoms with Gasteiger partial charge >= 0.3 is 5.97 Å². The Kier molecular flexibility index (Phi) is 3.90. The van der Waals surface area contributed by atoms with E-state index in [4.69, 9.17) is 16.7 Å². The van der Waals surface area contributed by atoms with Gasteiger partial charge in [0.1, 0.15) is 5.69 Å².